The summed E-state index contributed by atoms with van der Waals surface area (Å²) < 4.78 is 0. The lowest BCUT2D eigenvalue weighted by molar-refractivity contribution is 1.42. The Balaban J connectivity index is 0.000000686. The fourth-order valence-electron chi connectivity index (χ4n) is 1.45. The number of benzene rings is 1. The van der Waals surface area contributed by atoms with Crippen LogP contribution in [0.15, 0.2) is 29.6 Å². The second-order valence-electron chi connectivity index (χ2n) is 3.33. The highest BCUT2D eigenvalue weighted by Crippen LogP contribution is 2.30. The molecule has 1 aromatic heterocycles. The maximum absolute atomic E-state index is 8.87. The van der Waals surface area contributed by atoms with Gasteiger partial charge in [0.15, 0.2) is 0 Å². The molecule has 3 heteroatoms. The van der Waals surface area contributed by atoms with Crippen molar-refractivity contribution in [3.8, 4) is 16.5 Å². The first-order valence-corrected chi connectivity index (χ1v) is 6.71. The van der Waals surface area contributed by atoms with Crippen LogP contribution < -0.4 is 0 Å². The SMILES string of the molecule is CC.Cc1cc(C#N)cc(-c2cc(Cl)cs2)c1. The molecule has 17 heavy (non-hydrogen) atoms. The minimum absolute atomic E-state index is 0.689. The largest absolute Gasteiger partial charge is 0.192 e. The van der Waals surface area contributed by atoms with Crippen molar-refractivity contribution in [2.75, 3.05) is 0 Å². The number of aryl methyl sites for hydroxylation is 1. The van der Waals surface area contributed by atoms with Crippen molar-refractivity contribution < 1.29 is 0 Å². The number of hydrogen-bond donors (Lipinski definition) is 0. The van der Waals surface area contributed by atoms with Crippen molar-refractivity contribution in [3.05, 3.63) is 45.8 Å². The van der Waals surface area contributed by atoms with Crippen LogP contribution >= 0.6 is 22.9 Å². The second-order valence-corrected chi connectivity index (χ2v) is 4.68. The average molecular weight is 264 g/mol. The summed E-state index contributed by atoms with van der Waals surface area (Å²) in [6.07, 6.45) is 0. The molecule has 0 saturated carbocycles. The molecule has 0 bridgehead atoms. The minimum atomic E-state index is 0.689. The Kier molecular flexibility index (Phi) is 5.21. The molecule has 0 spiro atoms. The monoisotopic (exact) mass is 263 g/mol. The van der Waals surface area contributed by atoms with Gasteiger partial charge < -0.3 is 0 Å². The van der Waals surface area contributed by atoms with E-state index in [1.54, 1.807) is 11.3 Å². The van der Waals surface area contributed by atoms with Gasteiger partial charge in [0.1, 0.15) is 0 Å². The van der Waals surface area contributed by atoms with E-state index in [1.165, 1.54) is 0 Å². The van der Waals surface area contributed by atoms with Gasteiger partial charge >= 0.3 is 0 Å². The molecule has 0 unspecified atom stereocenters. The molecule has 2 aromatic rings. The second kappa shape index (κ2) is 6.44. The number of rotatable bonds is 1. The predicted molar refractivity (Wildman–Crippen MR) is 75.6 cm³/mol. The van der Waals surface area contributed by atoms with Gasteiger partial charge in [-0.3, -0.25) is 0 Å². The summed E-state index contributed by atoms with van der Waals surface area (Å²) in [5.74, 6) is 0. The van der Waals surface area contributed by atoms with Gasteiger partial charge in [-0.15, -0.1) is 11.3 Å². The number of nitrogens with zero attached hydrogens (tertiary/aromatic N) is 1. The van der Waals surface area contributed by atoms with E-state index in [0.29, 0.717) is 5.56 Å². The zero-order valence-electron chi connectivity index (χ0n) is 10.1. The molecule has 0 amide bonds. The minimum Gasteiger partial charge on any atom is -0.192 e. The van der Waals surface area contributed by atoms with E-state index in [1.807, 2.05) is 44.4 Å². The molecule has 0 aliphatic carbocycles. The van der Waals surface area contributed by atoms with Crippen LogP contribution in [-0.2, 0) is 0 Å². The molecule has 0 radical (unpaired) electrons. The van der Waals surface area contributed by atoms with Crippen molar-refractivity contribution in [3.63, 3.8) is 0 Å². The molecule has 1 heterocycles. The normalized spacial score (nSPS) is 9.12. The standard InChI is InChI=1S/C12H8ClNS.C2H6/c1-8-2-9(6-14)4-10(3-8)12-5-11(13)7-15-12;1-2/h2-5,7H,1H3;1-2H3. The third-order valence-electron chi connectivity index (χ3n) is 2.06. The molecule has 2 rings (SSSR count). The van der Waals surface area contributed by atoms with Crippen molar-refractivity contribution >= 4 is 22.9 Å². The summed E-state index contributed by atoms with van der Waals surface area (Å²) in [6.45, 7) is 5.99. The summed E-state index contributed by atoms with van der Waals surface area (Å²) in [5.41, 5.74) is 2.84. The molecule has 1 nitrogen and oxygen atoms in total. The van der Waals surface area contributed by atoms with Crippen LogP contribution in [0.4, 0.5) is 0 Å². The summed E-state index contributed by atoms with van der Waals surface area (Å²) in [4.78, 5) is 1.10. The van der Waals surface area contributed by atoms with Crippen LogP contribution in [0.1, 0.15) is 25.0 Å². The quantitative estimate of drug-likeness (QED) is 0.687. The van der Waals surface area contributed by atoms with E-state index >= 15 is 0 Å². The van der Waals surface area contributed by atoms with Crippen molar-refractivity contribution in [2.24, 2.45) is 0 Å². The fourth-order valence-corrected chi connectivity index (χ4v) is 2.52. The van der Waals surface area contributed by atoms with Crippen molar-refractivity contribution in [1.29, 1.82) is 5.26 Å². The van der Waals surface area contributed by atoms with Gasteiger partial charge in [0.25, 0.3) is 0 Å². The highest BCUT2D eigenvalue weighted by Gasteiger charge is 2.03. The molecule has 0 N–H and O–H groups in total. The number of nitriles is 1. The Labute approximate surface area is 111 Å². The Morgan fingerprint density at radius 1 is 1.18 bits per heavy atom. The van der Waals surface area contributed by atoms with Crippen LogP contribution in [0.5, 0.6) is 0 Å². The molecular formula is C14H14ClNS. The fraction of sp³-hybridized carbons (Fsp3) is 0.214. The van der Waals surface area contributed by atoms with E-state index in [-0.39, 0.29) is 0 Å². The van der Waals surface area contributed by atoms with Crippen LogP contribution in [0.3, 0.4) is 0 Å². The van der Waals surface area contributed by atoms with Crippen LogP contribution in [0.2, 0.25) is 5.02 Å². The molecule has 0 aliphatic rings. The number of halogens is 1. The van der Waals surface area contributed by atoms with Gasteiger partial charge in [-0.05, 0) is 36.2 Å². The zero-order chi connectivity index (χ0) is 12.8. The van der Waals surface area contributed by atoms with Gasteiger partial charge in [-0.2, -0.15) is 5.26 Å². The van der Waals surface area contributed by atoms with E-state index in [9.17, 15) is 0 Å². The highest BCUT2D eigenvalue weighted by atomic mass is 35.5. The smallest absolute Gasteiger partial charge is 0.0991 e. The molecule has 0 aliphatic heterocycles. The lowest BCUT2D eigenvalue weighted by Gasteiger charge is -2.00. The van der Waals surface area contributed by atoms with Gasteiger partial charge in [-0.1, -0.05) is 31.5 Å². The summed E-state index contributed by atoms with van der Waals surface area (Å²) >= 11 is 7.46. The summed E-state index contributed by atoms with van der Waals surface area (Å²) in [6, 6.07) is 9.89. The Bertz CT molecular complexity index is 537. The van der Waals surface area contributed by atoms with Crippen molar-refractivity contribution in [2.45, 2.75) is 20.8 Å². The molecule has 0 fully saturated rings. The summed E-state index contributed by atoms with van der Waals surface area (Å²) in [7, 11) is 0. The van der Waals surface area contributed by atoms with Gasteiger partial charge in [-0.25, -0.2) is 0 Å². The third-order valence-corrected chi connectivity index (χ3v) is 3.39. The van der Waals surface area contributed by atoms with Crippen LogP contribution in [-0.4, -0.2) is 0 Å². The lowest BCUT2D eigenvalue weighted by Crippen LogP contribution is -1.80. The first-order valence-electron chi connectivity index (χ1n) is 5.45. The Hall–Kier alpha value is -1.30. The Morgan fingerprint density at radius 3 is 2.41 bits per heavy atom. The van der Waals surface area contributed by atoms with E-state index in [0.717, 1.165) is 21.0 Å². The van der Waals surface area contributed by atoms with E-state index < -0.39 is 0 Å². The Morgan fingerprint density at radius 2 is 1.88 bits per heavy atom. The van der Waals surface area contributed by atoms with E-state index in [4.69, 9.17) is 16.9 Å². The van der Waals surface area contributed by atoms with Gasteiger partial charge in [0, 0.05) is 10.3 Å². The summed E-state index contributed by atoms with van der Waals surface area (Å²) in [5, 5.41) is 11.5. The maximum atomic E-state index is 8.87. The number of thiophene rings is 1. The van der Waals surface area contributed by atoms with Crippen LogP contribution in [0.25, 0.3) is 10.4 Å². The average Bonchev–Trinajstić information content (AvgIpc) is 2.78. The van der Waals surface area contributed by atoms with Gasteiger partial charge in [0.2, 0.25) is 0 Å². The molecule has 0 atom stereocenters. The number of hydrogen-bond acceptors (Lipinski definition) is 2. The third kappa shape index (κ3) is 3.59. The van der Waals surface area contributed by atoms with E-state index in [2.05, 4.69) is 12.1 Å². The van der Waals surface area contributed by atoms with Crippen molar-refractivity contribution in [1.82, 2.24) is 0 Å². The lowest BCUT2D eigenvalue weighted by atomic mass is 10.1. The molecule has 1 aromatic carbocycles. The molecular weight excluding hydrogens is 250 g/mol. The van der Waals surface area contributed by atoms with Gasteiger partial charge in [0.05, 0.1) is 16.7 Å². The first kappa shape index (κ1) is 13.8. The first-order chi connectivity index (χ1) is 8.19. The molecule has 0 saturated heterocycles. The molecule has 88 valence electrons. The zero-order valence-corrected chi connectivity index (χ0v) is 11.7. The topological polar surface area (TPSA) is 23.8 Å². The maximum Gasteiger partial charge on any atom is 0.0991 e. The van der Waals surface area contributed by atoms with Crippen LogP contribution in [0, 0.1) is 18.3 Å². The highest BCUT2D eigenvalue weighted by molar-refractivity contribution is 7.14. The predicted octanol–water partition coefficient (Wildman–Crippen LogP) is 5.27.